The number of carbonyl (C=O) groups is 1. The zero-order chi connectivity index (χ0) is 15.4. The van der Waals surface area contributed by atoms with Crippen LogP contribution in [0.2, 0.25) is 0 Å². The fourth-order valence-electron chi connectivity index (χ4n) is 2.39. The fraction of sp³-hybridized carbons (Fsp3) is 0.333. The summed E-state index contributed by atoms with van der Waals surface area (Å²) in [6.45, 7) is 3.45. The molecule has 1 fully saturated rings. The van der Waals surface area contributed by atoms with E-state index in [4.69, 9.17) is 0 Å². The molecule has 2 heterocycles. The van der Waals surface area contributed by atoms with Gasteiger partial charge in [-0.05, 0) is 37.1 Å². The quantitative estimate of drug-likeness (QED) is 0.900. The van der Waals surface area contributed by atoms with Gasteiger partial charge in [0, 0.05) is 31.4 Å². The molecule has 1 aromatic carbocycles. The van der Waals surface area contributed by atoms with Gasteiger partial charge in [-0.1, -0.05) is 0 Å². The number of hydrogen-bond donors (Lipinski definition) is 2. The summed E-state index contributed by atoms with van der Waals surface area (Å²) in [6.07, 6.45) is 3.94. The van der Waals surface area contributed by atoms with Crippen LogP contribution in [0.15, 0.2) is 30.5 Å². The van der Waals surface area contributed by atoms with Crippen molar-refractivity contribution in [1.82, 2.24) is 15.2 Å². The Bertz CT molecular complexity index is 651. The van der Waals surface area contributed by atoms with Crippen LogP contribution in [0.5, 0.6) is 0 Å². The second kappa shape index (κ2) is 6.38. The number of nitrogens with zero attached hydrogens (tertiary/aromatic N) is 4. The van der Waals surface area contributed by atoms with Crippen LogP contribution < -0.4 is 15.5 Å². The molecule has 7 nitrogen and oxygen atoms in total. The molecule has 1 amide bonds. The molecule has 2 aromatic rings. The number of anilines is 4. The van der Waals surface area contributed by atoms with Crippen molar-refractivity contribution in [3.63, 3.8) is 0 Å². The fourth-order valence-corrected chi connectivity index (χ4v) is 2.39. The van der Waals surface area contributed by atoms with Crippen molar-refractivity contribution in [1.29, 1.82) is 0 Å². The van der Waals surface area contributed by atoms with Gasteiger partial charge < -0.3 is 15.5 Å². The summed E-state index contributed by atoms with van der Waals surface area (Å²) in [5.74, 6) is 1.23. The van der Waals surface area contributed by atoms with E-state index < -0.39 is 0 Å². The van der Waals surface area contributed by atoms with Crippen LogP contribution in [-0.2, 0) is 4.79 Å². The number of rotatable bonds is 4. The van der Waals surface area contributed by atoms with Crippen molar-refractivity contribution in [2.45, 2.75) is 19.8 Å². The molecule has 0 saturated carbocycles. The van der Waals surface area contributed by atoms with Gasteiger partial charge in [0.2, 0.25) is 11.9 Å². The molecule has 0 spiro atoms. The smallest absolute Gasteiger partial charge is 0.247 e. The van der Waals surface area contributed by atoms with E-state index in [-0.39, 0.29) is 5.91 Å². The Morgan fingerprint density at radius 2 is 1.82 bits per heavy atom. The van der Waals surface area contributed by atoms with E-state index in [1.807, 2.05) is 24.3 Å². The Morgan fingerprint density at radius 3 is 2.50 bits per heavy atom. The van der Waals surface area contributed by atoms with Gasteiger partial charge in [-0.2, -0.15) is 10.1 Å². The summed E-state index contributed by atoms with van der Waals surface area (Å²) in [5.41, 5.74) is 1.64. The molecule has 7 heteroatoms. The van der Waals surface area contributed by atoms with E-state index in [2.05, 4.69) is 30.7 Å². The lowest BCUT2D eigenvalue weighted by Crippen LogP contribution is -2.21. The van der Waals surface area contributed by atoms with E-state index in [9.17, 15) is 4.79 Å². The Balaban J connectivity index is 1.69. The average Bonchev–Trinajstić information content (AvgIpc) is 3.03. The summed E-state index contributed by atoms with van der Waals surface area (Å²) in [7, 11) is 0. The zero-order valence-electron chi connectivity index (χ0n) is 12.4. The van der Waals surface area contributed by atoms with Crippen molar-refractivity contribution in [2.24, 2.45) is 0 Å². The SMILES string of the molecule is CC(=O)Nc1ccc(Nc2cnnc(N3CCCC3)n2)cc1. The van der Waals surface area contributed by atoms with Gasteiger partial charge in [0.25, 0.3) is 0 Å². The van der Waals surface area contributed by atoms with E-state index in [0.717, 1.165) is 24.5 Å². The molecule has 114 valence electrons. The molecule has 0 atom stereocenters. The number of nitrogens with one attached hydrogen (secondary N) is 2. The topological polar surface area (TPSA) is 83.0 Å². The molecular weight excluding hydrogens is 280 g/mol. The summed E-state index contributed by atoms with van der Waals surface area (Å²) in [5, 5.41) is 14.0. The second-order valence-corrected chi connectivity index (χ2v) is 5.22. The Kier molecular flexibility index (Phi) is 4.13. The maximum Gasteiger partial charge on any atom is 0.247 e. The van der Waals surface area contributed by atoms with Crippen molar-refractivity contribution in [3.05, 3.63) is 30.5 Å². The van der Waals surface area contributed by atoms with Gasteiger partial charge >= 0.3 is 0 Å². The van der Waals surface area contributed by atoms with Crippen molar-refractivity contribution >= 4 is 29.0 Å². The first-order valence-electron chi connectivity index (χ1n) is 7.30. The van der Waals surface area contributed by atoms with Crippen molar-refractivity contribution < 1.29 is 4.79 Å². The summed E-state index contributed by atoms with van der Waals surface area (Å²) in [4.78, 5) is 17.6. The highest BCUT2D eigenvalue weighted by atomic mass is 16.1. The molecular formula is C15H18N6O. The molecule has 1 aromatic heterocycles. The molecule has 3 rings (SSSR count). The molecule has 0 bridgehead atoms. The minimum absolute atomic E-state index is 0.0871. The average molecular weight is 298 g/mol. The maximum atomic E-state index is 11.0. The summed E-state index contributed by atoms with van der Waals surface area (Å²) >= 11 is 0. The molecule has 1 saturated heterocycles. The van der Waals surface area contributed by atoms with Crippen molar-refractivity contribution in [2.75, 3.05) is 28.6 Å². The number of amides is 1. The predicted molar refractivity (Wildman–Crippen MR) is 85.3 cm³/mol. The molecule has 0 aliphatic carbocycles. The first-order valence-corrected chi connectivity index (χ1v) is 7.30. The van der Waals surface area contributed by atoms with Gasteiger partial charge in [0.15, 0.2) is 5.82 Å². The lowest BCUT2D eigenvalue weighted by Gasteiger charge is -2.15. The third kappa shape index (κ3) is 3.49. The number of benzene rings is 1. The largest absolute Gasteiger partial charge is 0.339 e. The van der Waals surface area contributed by atoms with E-state index in [1.165, 1.54) is 19.8 Å². The maximum absolute atomic E-state index is 11.0. The Morgan fingerprint density at radius 1 is 1.14 bits per heavy atom. The van der Waals surface area contributed by atoms with Gasteiger partial charge in [-0.3, -0.25) is 4.79 Å². The van der Waals surface area contributed by atoms with Gasteiger partial charge in [0.1, 0.15) is 0 Å². The first-order chi connectivity index (χ1) is 10.7. The molecule has 1 aliphatic heterocycles. The van der Waals surface area contributed by atoms with Crippen LogP contribution in [0.25, 0.3) is 0 Å². The third-order valence-electron chi connectivity index (χ3n) is 3.41. The lowest BCUT2D eigenvalue weighted by molar-refractivity contribution is -0.114. The van der Waals surface area contributed by atoms with Gasteiger partial charge in [-0.15, -0.1) is 5.10 Å². The second-order valence-electron chi connectivity index (χ2n) is 5.22. The van der Waals surface area contributed by atoms with Crippen LogP contribution in [0.4, 0.5) is 23.1 Å². The highest BCUT2D eigenvalue weighted by Crippen LogP contribution is 2.20. The summed E-state index contributed by atoms with van der Waals surface area (Å²) in [6, 6.07) is 7.42. The third-order valence-corrected chi connectivity index (χ3v) is 3.41. The van der Waals surface area contributed by atoms with Crippen molar-refractivity contribution in [3.8, 4) is 0 Å². The summed E-state index contributed by atoms with van der Waals surface area (Å²) < 4.78 is 0. The highest BCUT2D eigenvalue weighted by Gasteiger charge is 2.15. The molecule has 0 radical (unpaired) electrons. The van der Waals surface area contributed by atoms with E-state index >= 15 is 0 Å². The monoisotopic (exact) mass is 298 g/mol. The zero-order valence-corrected chi connectivity index (χ0v) is 12.4. The first kappa shape index (κ1) is 14.2. The number of hydrogen-bond acceptors (Lipinski definition) is 6. The molecule has 0 unspecified atom stereocenters. The van der Waals surface area contributed by atoms with Gasteiger partial charge in [0.05, 0.1) is 6.20 Å². The van der Waals surface area contributed by atoms with Crippen LogP contribution in [-0.4, -0.2) is 34.2 Å². The van der Waals surface area contributed by atoms with Crippen LogP contribution in [0.3, 0.4) is 0 Å². The number of aromatic nitrogens is 3. The van der Waals surface area contributed by atoms with Crippen LogP contribution in [0, 0.1) is 0 Å². The molecule has 22 heavy (non-hydrogen) atoms. The van der Waals surface area contributed by atoms with E-state index in [0.29, 0.717) is 11.8 Å². The standard InChI is InChI=1S/C15H18N6O/c1-11(22)17-12-4-6-13(7-5-12)18-14-10-16-20-15(19-14)21-8-2-3-9-21/h4-7,10H,2-3,8-9H2,1H3,(H,17,22)(H,18,19,20). The van der Waals surface area contributed by atoms with Gasteiger partial charge in [-0.25, -0.2) is 0 Å². The lowest BCUT2D eigenvalue weighted by atomic mass is 10.3. The minimum Gasteiger partial charge on any atom is -0.339 e. The normalized spacial score (nSPS) is 14.0. The Labute approximate surface area is 128 Å². The minimum atomic E-state index is -0.0871. The molecule has 2 N–H and O–H groups in total. The van der Waals surface area contributed by atoms with E-state index in [1.54, 1.807) is 6.20 Å². The van der Waals surface area contributed by atoms with Crippen LogP contribution in [0.1, 0.15) is 19.8 Å². The predicted octanol–water partition coefficient (Wildman–Crippen LogP) is 2.17. The highest BCUT2D eigenvalue weighted by molar-refractivity contribution is 5.88. The Hall–Kier alpha value is -2.70. The number of carbonyl (C=O) groups excluding carboxylic acids is 1. The molecule has 1 aliphatic rings. The van der Waals surface area contributed by atoms with Crippen LogP contribution >= 0.6 is 0 Å².